The Hall–Kier alpha value is -3.75. The standard InChI is InChI=1S/C27H25ClN2O3/c1-4-32-26-15-21(10-13-25(26)33-17-20-8-11-23(28)12-9-20)14-22(16-29)27(31)30-24-7-5-6-18(2)19(24)3/h5-15H,4,17H2,1-3H3,(H,30,31)/b22-14-. The molecule has 0 fully saturated rings. The van der Waals surface area contributed by atoms with Gasteiger partial charge >= 0.3 is 0 Å². The number of hydrogen-bond donors (Lipinski definition) is 1. The average molecular weight is 461 g/mol. The summed E-state index contributed by atoms with van der Waals surface area (Å²) in [5.74, 6) is 0.641. The summed E-state index contributed by atoms with van der Waals surface area (Å²) in [6.07, 6.45) is 1.53. The molecule has 3 aromatic carbocycles. The summed E-state index contributed by atoms with van der Waals surface area (Å²) in [5, 5.41) is 13.1. The topological polar surface area (TPSA) is 71.3 Å². The second-order valence-corrected chi connectivity index (χ2v) is 7.86. The van der Waals surface area contributed by atoms with Crippen LogP contribution in [0.1, 0.15) is 29.2 Å². The van der Waals surface area contributed by atoms with E-state index in [1.54, 1.807) is 18.2 Å². The van der Waals surface area contributed by atoms with Crippen molar-refractivity contribution in [3.8, 4) is 17.6 Å². The van der Waals surface area contributed by atoms with Gasteiger partial charge in [-0.15, -0.1) is 0 Å². The molecule has 33 heavy (non-hydrogen) atoms. The minimum atomic E-state index is -0.466. The van der Waals surface area contributed by atoms with Gasteiger partial charge in [0, 0.05) is 10.7 Å². The summed E-state index contributed by atoms with van der Waals surface area (Å²) in [6.45, 7) is 6.58. The van der Waals surface area contributed by atoms with E-state index < -0.39 is 5.91 Å². The lowest BCUT2D eigenvalue weighted by atomic mass is 10.1. The Morgan fingerprint density at radius 3 is 2.52 bits per heavy atom. The van der Waals surface area contributed by atoms with E-state index in [1.165, 1.54) is 6.08 Å². The maximum Gasteiger partial charge on any atom is 0.266 e. The molecular weight excluding hydrogens is 436 g/mol. The highest BCUT2D eigenvalue weighted by molar-refractivity contribution is 6.30. The number of benzene rings is 3. The number of carbonyl (C=O) groups is 1. The molecule has 3 rings (SSSR count). The SMILES string of the molecule is CCOc1cc(/C=C(/C#N)C(=O)Nc2cccc(C)c2C)ccc1OCc1ccc(Cl)cc1. The van der Waals surface area contributed by atoms with Crippen molar-refractivity contribution in [1.82, 2.24) is 0 Å². The first-order chi connectivity index (χ1) is 15.9. The summed E-state index contributed by atoms with van der Waals surface area (Å²) >= 11 is 5.93. The van der Waals surface area contributed by atoms with Gasteiger partial charge in [-0.25, -0.2) is 0 Å². The maximum absolute atomic E-state index is 12.7. The number of aryl methyl sites for hydroxylation is 1. The minimum absolute atomic E-state index is 0.00631. The van der Waals surface area contributed by atoms with Crippen LogP contribution >= 0.6 is 11.6 Å². The first-order valence-corrected chi connectivity index (χ1v) is 10.9. The minimum Gasteiger partial charge on any atom is -0.490 e. The molecule has 6 heteroatoms. The molecule has 0 heterocycles. The molecular formula is C27H25ClN2O3. The van der Waals surface area contributed by atoms with Crippen molar-refractivity contribution < 1.29 is 14.3 Å². The molecule has 0 aliphatic rings. The van der Waals surface area contributed by atoms with Crippen LogP contribution in [0.2, 0.25) is 5.02 Å². The van der Waals surface area contributed by atoms with Gasteiger partial charge in [-0.2, -0.15) is 5.26 Å². The number of nitrogens with one attached hydrogen (secondary N) is 1. The van der Waals surface area contributed by atoms with Crippen molar-refractivity contribution in [3.63, 3.8) is 0 Å². The zero-order valence-electron chi connectivity index (χ0n) is 18.8. The Morgan fingerprint density at radius 2 is 1.82 bits per heavy atom. The third kappa shape index (κ3) is 6.38. The summed E-state index contributed by atoms with van der Waals surface area (Å²) in [6, 6.07) is 20.4. The third-order valence-corrected chi connectivity index (χ3v) is 5.36. The van der Waals surface area contributed by atoms with Crippen molar-refractivity contribution in [1.29, 1.82) is 5.26 Å². The molecule has 0 aliphatic heterocycles. The number of nitriles is 1. The number of carbonyl (C=O) groups excluding carboxylic acids is 1. The molecule has 0 saturated carbocycles. The van der Waals surface area contributed by atoms with Gasteiger partial charge in [-0.3, -0.25) is 4.79 Å². The first-order valence-electron chi connectivity index (χ1n) is 10.5. The second-order valence-electron chi connectivity index (χ2n) is 7.43. The highest BCUT2D eigenvalue weighted by Crippen LogP contribution is 2.30. The van der Waals surface area contributed by atoms with E-state index in [0.29, 0.717) is 41.0 Å². The van der Waals surface area contributed by atoms with Crippen LogP contribution < -0.4 is 14.8 Å². The molecule has 1 N–H and O–H groups in total. The maximum atomic E-state index is 12.7. The predicted molar refractivity (Wildman–Crippen MR) is 132 cm³/mol. The van der Waals surface area contributed by atoms with Crippen molar-refractivity contribution in [2.75, 3.05) is 11.9 Å². The van der Waals surface area contributed by atoms with Crippen LogP contribution in [0.15, 0.2) is 66.2 Å². The zero-order chi connectivity index (χ0) is 23.8. The van der Waals surface area contributed by atoms with Crippen molar-refractivity contribution >= 4 is 29.3 Å². The molecule has 5 nitrogen and oxygen atoms in total. The molecule has 3 aromatic rings. The summed E-state index contributed by atoms with van der Waals surface area (Å²) < 4.78 is 11.6. The second kappa shape index (κ2) is 11.2. The van der Waals surface area contributed by atoms with Gasteiger partial charge in [0.15, 0.2) is 11.5 Å². The normalized spacial score (nSPS) is 10.9. The summed E-state index contributed by atoms with van der Waals surface area (Å²) in [7, 11) is 0. The Morgan fingerprint density at radius 1 is 1.06 bits per heavy atom. The molecule has 168 valence electrons. The molecule has 0 aromatic heterocycles. The van der Waals surface area contributed by atoms with E-state index in [9.17, 15) is 10.1 Å². The van der Waals surface area contributed by atoms with Gasteiger partial charge in [0.1, 0.15) is 18.2 Å². The molecule has 0 spiro atoms. The molecule has 0 atom stereocenters. The largest absolute Gasteiger partial charge is 0.490 e. The van der Waals surface area contributed by atoms with Gasteiger partial charge < -0.3 is 14.8 Å². The lowest BCUT2D eigenvalue weighted by Crippen LogP contribution is -2.14. The fourth-order valence-electron chi connectivity index (χ4n) is 3.14. The smallest absolute Gasteiger partial charge is 0.266 e. The van der Waals surface area contributed by atoms with Crippen LogP contribution in [-0.4, -0.2) is 12.5 Å². The number of hydrogen-bond acceptors (Lipinski definition) is 4. The highest BCUT2D eigenvalue weighted by Gasteiger charge is 2.13. The monoisotopic (exact) mass is 460 g/mol. The molecule has 0 radical (unpaired) electrons. The Kier molecular flexibility index (Phi) is 8.12. The number of rotatable bonds is 8. The van der Waals surface area contributed by atoms with E-state index >= 15 is 0 Å². The summed E-state index contributed by atoms with van der Waals surface area (Å²) in [5.41, 5.74) is 4.33. The number of anilines is 1. The molecule has 0 saturated heterocycles. The van der Waals surface area contributed by atoms with E-state index in [2.05, 4.69) is 5.32 Å². The van der Waals surface area contributed by atoms with Crippen LogP contribution in [0.3, 0.4) is 0 Å². The average Bonchev–Trinajstić information content (AvgIpc) is 2.81. The van der Waals surface area contributed by atoms with E-state index in [-0.39, 0.29) is 5.57 Å². The van der Waals surface area contributed by atoms with Crippen LogP contribution in [0.25, 0.3) is 6.08 Å². The van der Waals surface area contributed by atoms with E-state index in [4.69, 9.17) is 21.1 Å². The number of halogens is 1. The Bertz CT molecular complexity index is 1210. The van der Waals surface area contributed by atoms with Crippen molar-refractivity contribution in [2.24, 2.45) is 0 Å². The quantitative estimate of drug-likeness (QED) is 0.308. The van der Waals surface area contributed by atoms with Crippen LogP contribution in [0, 0.1) is 25.2 Å². The number of ether oxygens (including phenoxy) is 2. The molecule has 1 amide bonds. The van der Waals surface area contributed by atoms with Gasteiger partial charge in [-0.05, 0) is 79.4 Å². The van der Waals surface area contributed by atoms with E-state index in [1.807, 2.05) is 69.3 Å². The van der Waals surface area contributed by atoms with Gasteiger partial charge in [0.25, 0.3) is 5.91 Å². The molecule has 0 bridgehead atoms. The Balaban J connectivity index is 1.79. The molecule has 0 aliphatic carbocycles. The lowest BCUT2D eigenvalue weighted by Gasteiger charge is -2.13. The van der Waals surface area contributed by atoms with Crippen LogP contribution in [0.4, 0.5) is 5.69 Å². The Labute approximate surface area is 199 Å². The zero-order valence-corrected chi connectivity index (χ0v) is 19.6. The first kappa shape index (κ1) is 23.9. The van der Waals surface area contributed by atoms with Crippen molar-refractivity contribution in [2.45, 2.75) is 27.4 Å². The van der Waals surface area contributed by atoms with Crippen molar-refractivity contribution in [3.05, 3.63) is 93.5 Å². The highest BCUT2D eigenvalue weighted by atomic mass is 35.5. The van der Waals surface area contributed by atoms with Crippen LogP contribution in [-0.2, 0) is 11.4 Å². The van der Waals surface area contributed by atoms with Crippen LogP contribution in [0.5, 0.6) is 11.5 Å². The fourth-order valence-corrected chi connectivity index (χ4v) is 3.26. The lowest BCUT2D eigenvalue weighted by molar-refractivity contribution is -0.112. The van der Waals surface area contributed by atoms with Gasteiger partial charge in [0.05, 0.1) is 6.61 Å². The van der Waals surface area contributed by atoms with Gasteiger partial charge in [-0.1, -0.05) is 41.9 Å². The summed E-state index contributed by atoms with van der Waals surface area (Å²) in [4.78, 5) is 12.7. The molecule has 0 unspecified atom stereocenters. The third-order valence-electron chi connectivity index (χ3n) is 5.10. The predicted octanol–water partition coefficient (Wildman–Crippen LogP) is 6.48. The number of amides is 1. The van der Waals surface area contributed by atoms with Gasteiger partial charge in [0.2, 0.25) is 0 Å². The number of nitrogens with zero attached hydrogens (tertiary/aromatic N) is 1. The van der Waals surface area contributed by atoms with E-state index in [0.717, 1.165) is 16.7 Å². The fraction of sp³-hybridized carbons (Fsp3) is 0.185.